The number of amides is 1. The fourth-order valence-electron chi connectivity index (χ4n) is 6.23. The highest BCUT2D eigenvalue weighted by atomic mass is 32.2. The van der Waals surface area contributed by atoms with E-state index in [0.29, 0.717) is 0 Å². The van der Waals surface area contributed by atoms with E-state index in [1.54, 1.807) is 0 Å². The standard InChI is InChI=1S/C24H25F5N2O8S/c1-31(2)15-14-17(34)11-8(6-40-24(28,29)23(25,26)27)7-4-3-5-9(32)10(7)16(33)12(11)19(36)22(14,39)20(37)13(18(15)35)21(30)38/h3-5,8,11,13-15,17-18,32-35,39H,6H2,1-2H3,(H2,30,38)/t8-,11+,13?,14+,15-,17-,18?,22-/m0/s1. The maximum Gasteiger partial charge on any atom is 0.464 e. The largest absolute Gasteiger partial charge is 0.507 e. The van der Waals surface area contributed by atoms with Crippen molar-refractivity contribution in [3.63, 3.8) is 0 Å². The number of phenols is 1. The van der Waals surface area contributed by atoms with Gasteiger partial charge in [-0.25, -0.2) is 0 Å². The number of aliphatic hydroxyl groups is 4. The van der Waals surface area contributed by atoms with Crippen LogP contribution in [0.15, 0.2) is 23.8 Å². The van der Waals surface area contributed by atoms with Gasteiger partial charge in [0.2, 0.25) is 11.7 Å². The van der Waals surface area contributed by atoms with Crippen molar-refractivity contribution < 1.29 is 61.9 Å². The zero-order valence-corrected chi connectivity index (χ0v) is 21.6. The zero-order valence-electron chi connectivity index (χ0n) is 20.8. The Hall–Kier alpha value is -2.79. The maximum atomic E-state index is 14.0. The van der Waals surface area contributed by atoms with Crippen LogP contribution in [0.2, 0.25) is 0 Å². The Morgan fingerprint density at radius 2 is 1.70 bits per heavy atom. The molecule has 7 N–H and O–H groups in total. The van der Waals surface area contributed by atoms with Crippen molar-refractivity contribution in [2.45, 2.75) is 41.2 Å². The van der Waals surface area contributed by atoms with Crippen LogP contribution in [0.3, 0.4) is 0 Å². The Bertz CT molecular complexity index is 1300. The molecule has 0 aromatic heterocycles. The molecule has 3 aliphatic rings. The van der Waals surface area contributed by atoms with Crippen molar-refractivity contribution in [1.82, 2.24) is 4.90 Å². The van der Waals surface area contributed by atoms with Gasteiger partial charge in [-0.1, -0.05) is 23.9 Å². The second kappa shape index (κ2) is 9.65. The summed E-state index contributed by atoms with van der Waals surface area (Å²) in [6.07, 6.45) is -10.1. The minimum atomic E-state index is -5.96. The summed E-state index contributed by atoms with van der Waals surface area (Å²) in [7, 11) is 2.63. The molecule has 2 unspecified atom stereocenters. The summed E-state index contributed by atoms with van der Waals surface area (Å²) >= 11 is -0.854. The summed E-state index contributed by atoms with van der Waals surface area (Å²) in [4.78, 5) is 40.5. The molecular weight excluding hydrogens is 571 g/mol. The van der Waals surface area contributed by atoms with Gasteiger partial charge in [0.05, 0.1) is 17.8 Å². The molecule has 10 nitrogen and oxygen atoms in total. The number of aromatic hydroxyl groups is 1. The van der Waals surface area contributed by atoms with E-state index in [2.05, 4.69) is 0 Å². The molecule has 2 fully saturated rings. The summed E-state index contributed by atoms with van der Waals surface area (Å²) < 4.78 is 66.9. The van der Waals surface area contributed by atoms with Crippen molar-refractivity contribution in [2.75, 3.05) is 19.8 Å². The first-order valence-electron chi connectivity index (χ1n) is 11.8. The van der Waals surface area contributed by atoms with Gasteiger partial charge in [-0.2, -0.15) is 22.0 Å². The van der Waals surface area contributed by atoms with E-state index in [1.165, 1.54) is 31.1 Å². The molecule has 0 aliphatic heterocycles. The highest BCUT2D eigenvalue weighted by Crippen LogP contribution is 2.57. The molecule has 0 spiro atoms. The third kappa shape index (κ3) is 4.10. The third-order valence-corrected chi connectivity index (χ3v) is 9.06. The third-order valence-electron chi connectivity index (χ3n) is 7.94. The smallest absolute Gasteiger partial charge is 0.464 e. The van der Waals surface area contributed by atoms with Gasteiger partial charge in [0, 0.05) is 35.1 Å². The molecule has 40 heavy (non-hydrogen) atoms. The number of nitrogens with two attached hydrogens (primary N) is 1. The number of halogens is 5. The van der Waals surface area contributed by atoms with Gasteiger partial charge in [-0.15, -0.1) is 0 Å². The van der Waals surface area contributed by atoms with E-state index in [9.17, 15) is 61.9 Å². The zero-order chi connectivity index (χ0) is 30.3. The average molecular weight is 597 g/mol. The minimum absolute atomic E-state index is 0.187. The molecule has 2 saturated carbocycles. The molecule has 0 saturated heterocycles. The quantitative estimate of drug-likeness (QED) is 0.207. The van der Waals surface area contributed by atoms with Crippen LogP contribution in [0.5, 0.6) is 5.75 Å². The van der Waals surface area contributed by atoms with Crippen LogP contribution in [0, 0.1) is 17.8 Å². The molecule has 3 aliphatic carbocycles. The lowest BCUT2D eigenvalue weighted by Gasteiger charge is -2.56. The number of carbonyl (C=O) groups excluding carboxylic acids is 3. The lowest BCUT2D eigenvalue weighted by atomic mass is 9.51. The van der Waals surface area contributed by atoms with E-state index < -0.39 is 117 Å². The number of carbonyl (C=O) groups is 3. The fourth-order valence-corrected chi connectivity index (χ4v) is 7.17. The number of hydrogen-bond donors (Lipinski definition) is 6. The number of benzene rings is 1. The Labute approximate surface area is 227 Å². The number of likely N-dealkylation sites (N-methyl/N-ethyl adjacent to an activating group) is 1. The van der Waals surface area contributed by atoms with Gasteiger partial charge in [0.1, 0.15) is 17.4 Å². The number of aliphatic hydroxyl groups excluding tert-OH is 3. The topological polar surface area (TPSA) is 182 Å². The number of Topliss-reactive ketones (excluding diaryl/α,β-unsaturated/α-hetero) is 2. The van der Waals surface area contributed by atoms with Gasteiger partial charge in [0.15, 0.2) is 11.4 Å². The number of primary amides is 1. The molecule has 0 heterocycles. The van der Waals surface area contributed by atoms with E-state index >= 15 is 0 Å². The molecule has 1 aromatic carbocycles. The second-order valence-corrected chi connectivity index (χ2v) is 11.4. The van der Waals surface area contributed by atoms with Crippen molar-refractivity contribution in [2.24, 2.45) is 23.5 Å². The maximum absolute atomic E-state index is 14.0. The first-order valence-corrected chi connectivity index (χ1v) is 12.8. The van der Waals surface area contributed by atoms with Gasteiger partial charge in [-0.05, 0) is 25.7 Å². The van der Waals surface area contributed by atoms with Crippen molar-refractivity contribution in [3.8, 4) is 5.75 Å². The molecule has 0 radical (unpaired) electrons. The number of ketones is 2. The van der Waals surface area contributed by atoms with Crippen LogP contribution in [0.4, 0.5) is 22.0 Å². The van der Waals surface area contributed by atoms with Crippen LogP contribution in [-0.4, -0.2) is 103 Å². The summed E-state index contributed by atoms with van der Waals surface area (Å²) in [5, 5.41) is 50.3. The van der Waals surface area contributed by atoms with Crippen LogP contribution < -0.4 is 5.73 Å². The Kier molecular flexibility index (Phi) is 7.28. The van der Waals surface area contributed by atoms with E-state index in [0.717, 1.165) is 6.07 Å². The molecule has 16 heteroatoms. The lowest BCUT2D eigenvalue weighted by Crippen LogP contribution is -2.77. The Morgan fingerprint density at radius 1 is 1.10 bits per heavy atom. The number of fused-ring (bicyclic) bond motifs is 3. The first kappa shape index (κ1) is 30.2. The number of alkyl halides is 5. The predicted octanol–water partition coefficient (Wildman–Crippen LogP) is 0.529. The van der Waals surface area contributed by atoms with Gasteiger partial charge in [0.25, 0.3) is 0 Å². The van der Waals surface area contributed by atoms with Gasteiger partial charge in [-0.3, -0.25) is 14.4 Å². The monoisotopic (exact) mass is 596 g/mol. The number of phenolic OH excluding ortho intramolecular Hbond substituents is 1. The lowest BCUT2D eigenvalue weighted by molar-refractivity contribution is -0.237. The Balaban J connectivity index is 1.96. The minimum Gasteiger partial charge on any atom is -0.507 e. The van der Waals surface area contributed by atoms with E-state index in [4.69, 9.17) is 5.73 Å². The van der Waals surface area contributed by atoms with Crippen LogP contribution in [0.25, 0.3) is 5.76 Å². The SMILES string of the molecule is CN(C)[C@@H]1C(O)C(C(N)=O)C(=O)[C@@]2(O)C(=O)C3=C(O)c4c(O)cccc4[C@H](CSC(F)(F)C(F)(F)F)[C@H]3[C@H](O)[C@@H]12. The molecule has 4 rings (SSSR count). The van der Waals surface area contributed by atoms with E-state index in [1.807, 2.05) is 0 Å². The van der Waals surface area contributed by atoms with Gasteiger partial charge < -0.3 is 36.2 Å². The van der Waals surface area contributed by atoms with Gasteiger partial charge >= 0.3 is 11.4 Å². The van der Waals surface area contributed by atoms with Crippen molar-refractivity contribution in [1.29, 1.82) is 0 Å². The Morgan fingerprint density at radius 3 is 2.23 bits per heavy atom. The highest BCUT2D eigenvalue weighted by Gasteiger charge is 2.71. The average Bonchev–Trinajstić information content (AvgIpc) is 2.82. The van der Waals surface area contributed by atoms with Crippen molar-refractivity contribution in [3.05, 3.63) is 34.9 Å². The van der Waals surface area contributed by atoms with Crippen LogP contribution in [0.1, 0.15) is 17.0 Å². The first-order chi connectivity index (χ1) is 18.3. The number of rotatable bonds is 5. The normalized spacial score (nSPS) is 34.4. The predicted molar refractivity (Wildman–Crippen MR) is 128 cm³/mol. The molecule has 220 valence electrons. The number of hydrogen-bond acceptors (Lipinski definition) is 10. The fraction of sp³-hybridized carbons (Fsp3) is 0.542. The summed E-state index contributed by atoms with van der Waals surface area (Å²) in [6, 6.07) is 1.88. The molecule has 8 atom stereocenters. The number of nitrogens with zero attached hydrogens (tertiary/aromatic N) is 1. The van der Waals surface area contributed by atoms with Crippen molar-refractivity contribution >= 4 is 35.0 Å². The second-order valence-electron chi connectivity index (χ2n) is 10.3. The summed E-state index contributed by atoms with van der Waals surface area (Å²) in [5.74, 6) is -14.9. The molecule has 0 bridgehead atoms. The molecule has 1 amide bonds. The van der Waals surface area contributed by atoms with Crippen LogP contribution in [-0.2, 0) is 14.4 Å². The number of thioether (sulfide) groups is 1. The summed E-state index contributed by atoms with van der Waals surface area (Å²) in [5.41, 5.74) is 0.364. The molecular formula is C24H25F5N2O8S. The highest BCUT2D eigenvalue weighted by molar-refractivity contribution is 8.00. The van der Waals surface area contributed by atoms with E-state index in [-0.39, 0.29) is 5.56 Å². The van der Waals surface area contributed by atoms with Crippen LogP contribution >= 0.6 is 11.8 Å². The summed E-state index contributed by atoms with van der Waals surface area (Å²) in [6.45, 7) is 0. The molecule has 1 aromatic rings.